The van der Waals surface area contributed by atoms with E-state index in [0.29, 0.717) is 11.7 Å². The van der Waals surface area contributed by atoms with Gasteiger partial charge in [0, 0.05) is 11.2 Å². The molecule has 1 aromatic carbocycles. The Morgan fingerprint density at radius 3 is 2.14 bits per heavy atom. The highest BCUT2D eigenvalue weighted by Gasteiger charge is 2.25. The van der Waals surface area contributed by atoms with Crippen LogP contribution in [0.2, 0.25) is 0 Å². The van der Waals surface area contributed by atoms with Crippen LogP contribution in [0.25, 0.3) is 0 Å². The van der Waals surface area contributed by atoms with Crippen molar-refractivity contribution in [3.05, 3.63) is 24.3 Å². The number of nitrogens with one attached hydrogen (secondary N) is 2. The van der Waals surface area contributed by atoms with Crippen LogP contribution in [0.1, 0.15) is 48.0 Å². The average molecular weight is 308 g/mol. The first-order chi connectivity index (χ1) is 9.61. The predicted molar refractivity (Wildman–Crippen MR) is 95.1 cm³/mol. The number of thiocarbonyl (C=S) groups is 1. The first-order valence-corrected chi connectivity index (χ1v) is 7.84. The molecule has 0 unspecified atom stereocenters. The zero-order valence-electron chi connectivity index (χ0n) is 14.0. The predicted octanol–water partition coefficient (Wildman–Crippen LogP) is 4.59. The van der Waals surface area contributed by atoms with E-state index in [4.69, 9.17) is 17.0 Å². The fraction of sp³-hybridized carbons (Fsp3) is 0.588. The maximum atomic E-state index is 5.43. The number of rotatable bonds is 5. The molecular formula is C17H28N2OS. The highest BCUT2D eigenvalue weighted by molar-refractivity contribution is 7.80. The Morgan fingerprint density at radius 2 is 1.67 bits per heavy atom. The molecule has 21 heavy (non-hydrogen) atoms. The van der Waals surface area contributed by atoms with E-state index in [2.05, 4.69) is 45.3 Å². The van der Waals surface area contributed by atoms with Gasteiger partial charge in [-0.05, 0) is 69.1 Å². The van der Waals surface area contributed by atoms with Crippen LogP contribution < -0.4 is 15.4 Å². The molecule has 0 atom stereocenters. The molecule has 0 amide bonds. The third-order valence-electron chi connectivity index (χ3n) is 2.85. The van der Waals surface area contributed by atoms with E-state index in [-0.39, 0.29) is 11.0 Å². The van der Waals surface area contributed by atoms with Crippen molar-refractivity contribution in [3.63, 3.8) is 0 Å². The molecule has 3 nitrogen and oxygen atoms in total. The summed E-state index contributed by atoms with van der Waals surface area (Å²) in [6, 6.07) is 7.81. The van der Waals surface area contributed by atoms with Crippen LogP contribution in [0.3, 0.4) is 0 Å². The van der Waals surface area contributed by atoms with Gasteiger partial charge in [-0.25, -0.2) is 0 Å². The van der Waals surface area contributed by atoms with Gasteiger partial charge in [-0.15, -0.1) is 0 Å². The fourth-order valence-electron chi connectivity index (χ4n) is 2.64. The molecule has 0 bridgehead atoms. The topological polar surface area (TPSA) is 33.3 Å². The third kappa shape index (κ3) is 7.32. The molecule has 0 aliphatic heterocycles. The first-order valence-electron chi connectivity index (χ1n) is 7.43. The maximum absolute atomic E-state index is 5.43. The lowest BCUT2D eigenvalue weighted by atomic mass is 9.82. The summed E-state index contributed by atoms with van der Waals surface area (Å²) in [7, 11) is 0. The molecule has 0 heterocycles. The third-order valence-corrected chi connectivity index (χ3v) is 3.05. The van der Waals surface area contributed by atoms with Crippen LogP contribution in [0, 0.1) is 5.41 Å². The van der Waals surface area contributed by atoms with Gasteiger partial charge in [-0.3, -0.25) is 0 Å². The van der Waals surface area contributed by atoms with Crippen molar-refractivity contribution >= 4 is 23.0 Å². The Labute approximate surface area is 134 Å². The lowest BCUT2D eigenvalue weighted by Gasteiger charge is -2.34. The molecule has 0 saturated carbocycles. The van der Waals surface area contributed by atoms with Gasteiger partial charge in [-0.2, -0.15) is 0 Å². The van der Waals surface area contributed by atoms with Crippen LogP contribution in [0.4, 0.5) is 5.69 Å². The second-order valence-electron chi connectivity index (χ2n) is 7.16. The summed E-state index contributed by atoms with van der Waals surface area (Å²) >= 11 is 5.40. The minimum absolute atomic E-state index is 0.0480. The molecule has 2 N–H and O–H groups in total. The van der Waals surface area contributed by atoms with Gasteiger partial charge >= 0.3 is 0 Å². The minimum Gasteiger partial charge on any atom is -0.494 e. The van der Waals surface area contributed by atoms with E-state index in [1.54, 1.807) is 0 Å². The first kappa shape index (κ1) is 17.8. The summed E-state index contributed by atoms with van der Waals surface area (Å²) in [6.07, 6.45) is 1.03. The van der Waals surface area contributed by atoms with Gasteiger partial charge in [0.25, 0.3) is 0 Å². The summed E-state index contributed by atoms with van der Waals surface area (Å²) in [5.41, 5.74) is 1.17. The molecular weight excluding hydrogens is 280 g/mol. The van der Waals surface area contributed by atoms with E-state index in [1.165, 1.54) is 0 Å². The second kappa shape index (κ2) is 7.12. The summed E-state index contributed by atoms with van der Waals surface area (Å²) in [4.78, 5) is 0. The van der Waals surface area contributed by atoms with Gasteiger partial charge in [0.15, 0.2) is 5.11 Å². The minimum atomic E-state index is -0.0480. The van der Waals surface area contributed by atoms with Crippen molar-refractivity contribution in [3.8, 4) is 5.75 Å². The average Bonchev–Trinajstić information content (AvgIpc) is 2.27. The summed E-state index contributed by atoms with van der Waals surface area (Å²) in [5, 5.41) is 7.25. The highest BCUT2D eigenvalue weighted by atomic mass is 32.1. The van der Waals surface area contributed by atoms with E-state index in [0.717, 1.165) is 17.9 Å². The van der Waals surface area contributed by atoms with Gasteiger partial charge in [-0.1, -0.05) is 20.8 Å². The van der Waals surface area contributed by atoms with Gasteiger partial charge in [0.1, 0.15) is 5.75 Å². The van der Waals surface area contributed by atoms with Crippen molar-refractivity contribution < 1.29 is 4.74 Å². The van der Waals surface area contributed by atoms with Crippen molar-refractivity contribution in [2.75, 3.05) is 11.9 Å². The van der Waals surface area contributed by atoms with Crippen LogP contribution in [-0.2, 0) is 0 Å². The Kier molecular flexibility index (Phi) is 6.02. The standard InChI is InChI=1S/C17H28N2OS/c1-7-20-14-10-8-13(9-11-14)18-15(21)19-17(5,6)12-16(2,3)4/h8-11H,7,12H2,1-6H3,(H2,18,19,21). The summed E-state index contributed by atoms with van der Waals surface area (Å²) in [6.45, 7) is 13.7. The van der Waals surface area contributed by atoms with Crippen LogP contribution in [-0.4, -0.2) is 17.3 Å². The molecule has 0 aromatic heterocycles. The molecule has 118 valence electrons. The molecule has 0 saturated heterocycles. The summed E-state index contributed by atoms with van der Waals surface area (Å²) < 4.78 is 5.43. The molecule has 0 spiro atoms. The Balaban J connectivity index is 2.57. The zero-order valence-corrected chi connectivity index (χ0v) is 14.9. The molecule has 0 radical (unpaired) electrons. The van der Waals surface area contributed by atoms with Crippen LogP contribution >= 0.6 is 12.2 Å². The maximum Gasteiger partial charge on any atom is 0.171 e. The SMILES string of the molecule is CCOc1ccc(NC(=S)NC(C)(C)CC(C)(C)C)cc1. The number of ether oxygens (including phenoxy) is 1. The molecule has 4 heteroatoms. The normalized spacial score (nSPS) is 11.9. The van der Waals surface area contributed by atoms with Crippen LogP contribution in [0.5, 0.6) is 5.75 Å². The highest BCUT2D eigenvalue weighted by Crippen LogP contribution is 2.26. The molecule has 0 aliphatic rings. The van der Waals surface area contributed by atoms with Crippen molar-refractivity contribution in [1.82, 2.24) is 5.32 Å². The van der Waals surface area contributed by atoms with Gasteiger partial charge < -0.3 is 15.4 Å². The molecule has 1 rings (SSSR count). The second-order valence-corrected chi connectivity index (χ2v) is 7.57. The van der Waals surface area contributed by atoms with Crippen molar-refractivity contribution in [2.45, 2.75) is 53.5 Å². The number of benzene rings is 1. The van der Waals surface area contributed by atoms with Crippen molar-refractivity contribution in [2.24, 2.45) is 5.41 Å². The molecule has 0 fully saturated rings. The lowest BCUT2D eigenvalue weighted by molar-refractivity contribution is 0.268. The van der Waals surface area contributed by atoms with Crippen molar-refractivity contribution in [1.29, 1.82) is 0 Å². The smallest absolute Gasteiger partial charge is 0.171 e. The van der Waals surface area contributed by atoms with Gasteiger partial charge in [0.2, 0.25) is 0 Å². The fourth-order valence-corrected chi connectivity index (χ4v) is 3.04. The van der Waals surface area contributed by atoms with E-state index in [1.807, 2.05) is 31.2 Å². The Bertz CT molecular complexity index is 461. The lowest BCUT2D eigenvalue weighted by Crippen LogP contribution is -2.47. The van der Waals surface area contributed by atoms with Crippen LogP contribution in [0.15, 0.2) is 24.3 Å². The number of anilines is 1. The molecule has 1 aromatic rings. The summed E-state index contributed by atoms with van der Waals surface area (Å²) in [5.74, 6) is 0.870. The Morgan fingerprint density at radius 1 is 1.10 bits per heavy atom. The molecule has 0 aliphatic carbocycles. The monoisotopic (exact) mass is 308 g/mol. The number of hydrogen-bond donors (Lipinski definition) is 2. The van der Waals surface area contributed by atoms with Gasteiger partial charge in [0.05, 0.1) is 6.61 Å². The van der Waals surface area contributed by atoms with E-state index < -0.39 is 0 Å². The van der Waals surface area contributed by atoms with E-state index in [9.17, 15) is 0 Å². The Hall–Kier alpha value is -1.29. The number of hydrogen-bond acceptors (Lipinski definition) is 2. The largest absolute Gasteiger partial charge is 0.494 e. The van der Waals surface area contributed by atoms with E-state index >= 15 is 0 Å². The zero-order chi connectivity index (χ0) is 16.1. The quantitative estimate of drug-likeness (QED) is 0.780.